The fourth-order valence-corrected chi connectivity index (χ4v) is 2.02. The monoisotopic (exact) mass is 298 g/mol. The summed E-state index contributed by atoms with van der Waals surface area (Å²) in [7, 11) is 1.74. The van der Waals surface area contributed by atoms with Gasteiger partial charge >= 0.3 is 0 Å². The molecule has 0 spiro atoms. The topological polar surface area (TPSA) is 72.6 Å². The quantitative estimate of drug-likeness (QED) is 0.884. The lowest BCUT2D eigenvalue weighted by Gasteiger charge is -2.17. The number of hydrogen-bond donors (Lipinski definition) is 1. The van der Waals surface area contributed by atoms with Crippen molar-refractivity contribution >= 4 is 11.8 Å². The zero-order chi connectivity index (χ0) is 15.9. The molecule has 22 heavy (non-hydrogen) atoms. The lowest BCUT2D eigenvalue weighted by molar-refractivity contribution is -0.119. The van der Waals surface area contributed by atoms with Gasteiger partial charge in [-0.15, -0.1) is 0 Å². The highest BCUT2D eigenvalue weighted by Crippen LogP contribution is 2.15. The molecule has 0 aromatic heterocycles. The van der Waals surface area contributed by atoms with Crippen molar-refractivity contribution in [3.63, 3.8) is 0 Å². The average Bonchev–Trinajstić information content (AvgIpc) is 2.53. The molecular weight excluding hydrogens is 280 g/mol. The molecule has 0 bridgehead atoms. The Balaban J connectivity index is 2.05. The Hall–Kier alpha value is -2.82. The van der Waals surface area contributed by atoms with E-state index in [0.29, 0.717) is 17.9 Å². The molecule has 0 aliphatic heterocycles. The number of nitrogens with zero attached hydrogens (tertiary/aromatic N) is 1. The van der Waals surface area contributed by atoms with E-state index in [1.807, 2.05) is 30.3 Å². The largest absolute Gasteiger partial charge is 0.484 e. The minimum absolute atomic E-state index is 0.117. The summed E-state index contributed by atoms with van der Waals surface area (Å²) in [6.45, 7) is 0.309. The van der Waals surface area contributed by atoms with Gasteiger partial charge in [0.1, 0.15) is 5.75 Å². The molecule has 0 saturated heterocycles. The number of carbonyl (C=O) groups is 2. The van der Waals surface area contributed by atoms with Gasteiger partial charge in [0.15, 0.2) is 6.61 Å². The Kier molecular flexibility index (Phi) is 5.14. The minimum atomic E-state index is -0.557. The highest BCUT2D eigenvalue weighted by Gasteiger charge is 2.13. The van der Waals surface area contributed by atoms with Gasteiger partial charge in [-0.2, -0.15) is 0 Å². The van der Waals surface area contributed by atoms with Crippen molar-refractivity contribution < 1.29 is 14.3 Å². The van der Waals surface area contributed by atoms with E-state index >= 15 is 0 Å². The van der Waals surface area contributed by atoms with E-state index in [-0.39, 0.29) is 12.5 Å². The van der Waals surface area contributed by atoms with Crippen molar-refractivity contribution in [2.75, 3.05) is 13.7 Å². The Morgan fingerprint density at radius 2 is 1.82 bits per heavy atom. The maximum atomic E-state index is 12.4. The molecule has 5 nitrogen and oxygen atoms in total. The van der Waals surface area contributed by atoms with Gasteiger partial charge in [-0.05, 0) is 23.8 Å². The number of amides is 2. The second kappa shape index (κ2) is 7.26. The van der Waals surface area contributed by atoms with Gasteiger partial charge < -0.3 is 15.4 Å². The summed E-state index contributed by atoms with van der Waals surface area (Å²) in [5.74, 6) is -0.232. The average molecular weight is 298 g/mol. The third-order valence-corrected chi connectivity index (χ3v) is 3.07. The van der Waals surface area contributed by atoms with E-state index in [2.05, 4.69) is 0 Å². The fraction of sp³-hybridized carbons (Fsp3) is 0.176. The molecule has 2 aromatic carbocycles. The molecule has 0 saturated carbocycles. The lowest BCUT2D eigenvalue weighted by atomic mass is 10.1. The molecule has 2 rings (SSSR count). The molecule has 0 atom stereocenters. The van der Waals surface area contributed by atoms with Crippen LogP contribution in [0.5, 0.6) is 5.75 Å². The van der Waals surface area contributed by atoms with E-state index in [9.17, 15) is 9.59 Å². The van der Waals surface area contributed by atoms with Crippen molar-refractivity contribution in [3.8, 4) is 5.75 Å². The van der Waals surface area contributed by atoms with Gasteiger partial charge in [0.25, 0.3) is 11.8 Å². The molecule has 0 aliphatic rings. The maximum Gasteiger partial charge on any atom is 0.255 e. The van der Waals surface area contributed by atoms with Crippen LogP contribution in [0.3, 0.4) is 0 Å². The van der Waals surface area contributed by atoms with Crippen LogP contribution in [-0.2, 0) is 11.3 Å². The van der Waals surface area contributed by atoms with Crippen molar-refractivity contribution in [1.82, 2.24) is 4.90 Å². The lowest BCUT2D eigenvalue weighted by Crippen LogP contribution is -2.26. The van der Waals surface area contributed by atoms with Crippen LogP contribution in [-0.4, -0.2) is 30.4 Å². The third kappa shape index (κ3) is 4.34. The normalized spacial score (nSPS) is 10.0. The van der Waals surface area contributed by atoms with Crippen molar-refractivity contribution in [2.24, 2.45) is 5.73 Å². The van der Waals surface area contributed by atoms with Crippen LogP contribution in [0.15, 0.2) is 54.6 Å². The summed E-state index contributed by atoms with van der Waals surface area (Å²) >= 11 is 0. The van der Waals surface area contributed by atoms with E-state index in [0.717, 1.165) is 5.56 Å². The molecule has 0 heterocycles. The zero-order valence-electron chi connectivity index (χ0n) is 12.4. The molecule has 0 aliphatic carbocycles. The van der Waals surface area contributed by atoms with Crippen molar-refractivity contribution in [3.05, 3.63) is 65.7 Å². The van der Waals surface area contributed by atoms with Gasteiger partial charge in [0, 0.05) is 19.2 Å². The van der Waals surface area contributed by atoms with E-state index in [1.165, 1.54) is 0 Å². The van der Waals surface area contributed by atoms with Gasteiger partial charge in [-0.3, -0.25) is 9.59 Å². The zero-order valence-corrected chi connectivity index (χ0v) is 12.4. The summed E-state index contributed by atoms with van der Waals surface area (Å²) in [5, 5.41) is 0. The molecule has 2 aromatic rings. The summed E-state index contributed by atoms with van der Waals surface area (Å²) in [5.41, 5.74) is 6.59. The summed E-state index contributed by atoms with van der Waals surface area (Å²) in [6, 6.07) is 16.4. The molecule has 5 heteroatoms. The van der Waals surface area contributed by atoms with Crippen molar-refractivity contribution in [1.29, 1.82) is 0 Å². The second-order valence-electron chi connectivity index (χ2n) is 4.93. The number of carbonyl (C=O) groups excluding carboxylic acids is 2. The molecule has 2 amide bonds. The Morgan fingerprint density at radius 3 is 2.50 bits per heavy atom. The molecule has 2 N–H and O–H groups in total. The number of nitrogens with two attached hydrogens (primary N) is 1. The smallest absolute Gasteiger partial charge is 0.255 e. The van der Waals surface area contributed by atoms with Crippen molar-refractivity contribution in [2.45, 2.75) is 6.54 Å². The standard InChI is InChI=1S/C17H18N2O3/c1-19(11-13-6-3-2-4-7-13)17(21)14-8-5-9-15(10-14)22-12-16(18)20/h2-10H,11-12H2,1H3,(H2,18,20). The molecule has 0 fully saturated rings. The Morgan fingerprint density at radius 1 is 1.09 bits per heavy atom. The molecular formula is C17H18N2O3. The first-order chi connectivity index (χ1) is 10.6. The summed E-state index contributed by atoms with van der Waals surface area (Å²) in [4.78, 5) is 24.8. The Bertz CT molecular complexity index is 656. The van der Waals surface area contributed by atoms with E-state index in [1.54, 1.807) is 36.2 Å². The van der Waals surface area contributed by atoms with Crippen LogP contribution in [0, 0.1) is 0 Å². The summed E-state index contributed by atoms with van der Waals surface area (Å²) in [6.07, 6.45) is 0. The predicted molar refractivity (Wildman–Crippen MR) is 83.4 cm³/mol. The highest BCUT2D eigenvalue weighted by molar-refractivity contribution is 5.94. The van der Waals surface area contributed by atoms with Gasteiger partial charge in [-0.1, -0.05) is 36.4 Å². The van der Waals surface area contributed by atoms with Crippen LogP contribution in [0.25, 0.3) is 0 Å². The molecule has 0 unspecified atom stereocenters. The van der Waals surface area contributed by atoms with E-state index < -0.39 is 5.91 Å². The first-order valence-electron chi connectivity index (χ1n) is 6.87. The summed E-state index contributed by atoms with van der Waals surface area (Å²) < 4.78 is 5.21. The number of primary amides is 1. The van der Waals surface area contributed by atoms with Crippen LogP contribution in [0.4, 0.5) is 0 Å². The molecule has 114 valence electrons. The van der Waals surface area contributed by atoms with E-state index in [4.69, 9.17) is 10.5 Å². The third-order valence-electron chi connectivity index (χ3n) is 3.07. The number of hydrogen-bond acceptors (Lipinski definition) is 3. The second-order valence-corrected chi connectivity index (χ2v) is 4.93. The number of rotatable bonds is 6. The number of benzene rings is 2. The van der Waals surface area contributed by atoms with Gasteiger partial charge in [0.05, 0.1) is 0 Å². The van der Waals surface area contributed by atoms with Crippen LogP contribution < -0.4 is 10.5 Å². The maximum absolute atomic E-state index is 12.4. The fourth-order valence-electron chi connectivity index (χ4n) is 2.02. The minimum Gasteiger partial charge on any atom is -0.484 e. The predicted octanol–water partition coefficient (Wildman–Crippen LogP) is 1.82. The number of ether oxygens (including phenoxy) is 1. The van der Waals surface area contributed by atoms with Gasteiger partial charge in [-0.25, -0.2) is 0 Å². The SMILES string of the molecule is CN(Cc1ccccc1)C(=O)c1cccc(OCC(N)=O)c1. The van der Waals surface area contributed by atoms with Gasteiger partial charge in [0.2, 0.25) is 0 Å². The molecule has 0 radical (unpaired) electrons. The Labute approximate surface area is 129 Å². The first-order valence-corrected chi connectivity index (χ1v) is 6.87. The van der Waals surface area contributed by atoms with Crippen LogP contribution >= 0.6 is 0 Å². The van der Waals surface area contributed by atoms with Crippen LogP contribution in [0.2, 0.25) is 0 Å². The first kappa shape index (κ1) is 15.6. The van der Waals surface area contributed by atoms with Crippen LogP contribution in [0.1, 0.15) is 15.9 Å². The highest BCUT2D eigenvalue weighted by atomic mass is 16.5.